The molecular weight excluding hydrogens is 280 g/mol. The van der Waals surface area contributed by atoms with Crippen LogP contribution in [0.2, 0.25) is 0 Å². The summed E-state index contributed by atoms with van der Waals surface area (Å²) in [6.07, 6.45) is 0. The van der Waals surface area contributed by atoms with E-state index in [4.69, 9.17) is 5.73 Å². The van der Waals surface area contributed by atoms with E-state index in [1.54, 1.807) is 7.05 Å². The molecule has 0 bridgehead atoms. The third-order valence-corrected chi connectivity index (χ3v) is 3.87. The van der Waals surface area contributed by atoms with Crippen LogP contribution in [0.3, 0.4) is 0 Å². The quantitative estimate of drug-likeness (QED) is 0.731. The summed E-state index contributed by atoms with van der Waals surface area (Å²) in [5.74, 6) is 0. The van der Waals surface area contributed by atoms with Gasteiger partial charge in [-0.1, -0.05) is 30.3 Å². The van der Waals surface area contributed by atoms with Crippen LogP contribution in [-0.2, 0) is 14.1 Å². The van der Waals surface area contributed by atoms with Gasteiger partial charge in [-0.15, -0.1) is 0 Å². The maximum Gasteiger partial charge on any atom is 0.332 e. The van der Waals surface area contributed by atoms with E-state index in [-0.39, 0.29) is 5.39 Å². The number of fused-ring (bicyclic) bond motifs is 1. The van der Waals surface area contributed by atoms with E-state index in [9.17, 15) is 9.59 Å². The number of nitrogens with zero attached hydrogens (tertiary/aromatic N) is 3. The topological polar surface area (TPSA) is 82.9 Å². The minimum Gasteiger partial charge on any atom is -0.397 e. The van der Waals surface area contributed by atoms with Gasteiger partial charge in [-0.3, -0.25) is 13.9 Å². The molecular formula is C16H16N4O2. The Kier molecular flexibility index (Phi) is 3.09. The molecule has 0 amide bonds. The van der Waals surface area contributed by atoms with Crippen LogP contribution >= 0.6 is 0 Å². The standard InChI is InChI=1S/C16H16N4O2/c1-9-11(10-7-5-4-6-8-10)13(17)12-14(18-9)19(2)16(22)20(3)15(12)21/h4-8H,1-3H3,(H2,17,18). The van der Waals surface area contributed by atoms with Crippen molar-refractivity contribution in [3.05, 3.63) is 56.9 Å². The van der Waals surface area contributed by atoms with E-state index < -0.39 is 11.2 Å². The monoisotopic (exact) mass is 296 g/mol. The number of rotatable bonds is 1. The van der Waals surface area contributed by atoms with E-state index >= 15 is 0 Å². The van der Waals surface area contributed by atoms with E-state index in [2.05, 4.69) is 4.98 Å². The van der Waals surface area contributed by atoms with Gasteiger partial charge in [0.15, 0.2) is 5.65 Å². The summed E-state index contributed by atoms with van der Waals surface area (Å²) in [5.41, 5.74) is 8.38. The Hall–Kier alpha value is -2.89. The minimum atomic E-state index is -0.430. The molecule has 0 saturated carbocycles. The summed E-state index contributed by atoms with van der Waals surface area (Å²) in [7, 11) is 3.02. The number of hydrogen-bond acceptors (Lipinski definition) is 4. The molecule has 0 fully saturated rings. The molecule has 0 spiro atoms. The minimum absolute atomic E-state index is 0.272. The predicted octanol–water partition coefficient (Wildman–Crippen LogP) is 1.19. The summed E-state index contributed by atoms with van der Waals surface area (Å²) in [5, 5.41) is 0.272. The van der Waals surface area contributed by atoms with Crippen molar-refractivity contribution in [3.8, 4) is 11.1 Å². The van der Waals surface area contributed by atoms with Crippen molar-refractivity contribution in [2.75, 3.05) is 5.73 Å². The summed E-state index contributed by atoms with van der Waals surface area (Å²) < 4.78 is 2.39. The van der Waals surface area contributed by atoms with Crippen LogP contribution in [0.15, 0.2) is 39.9 Å². The lowest BCUT2D eigenvalue weighted by molar-refractivity contribution is 0.707. The molecule has 3 rings (SSSR count). The molecule has 6 nitrogen and oxygen atoms in total. The second-order valence-corrected chi connectivity index (χ2v) is 5.26. The van der Waals surface area contributed by atoms with E-state index in [1.807, 2.05) is 37.3 Å². The molecule has 0 aliphatic rings. The van der Waals surface area contributed by atoms with Gasteiger partial charge in [0.2, 0.25) is 0 Å². The first-order chi connectivity index (χ1) is 10.4. The maximum atomic E-state index is 12.4. The van der Waals surface area contributed by atoms with E-state index in [0.29, 0.717) is 17.0 Å². The van der Waals surface area contributed by atoms with Gasteiger partial charge in [-0.25, -0.2) is 9.78 Å². The number of nitrogen functional groups attached to an aromatic ring is 1. The van der Waals surface area contributed by atoms with Crippen molar-refractivity contribution in [2.24, 2.45) is 14.1 Å². The van der Waals surface area contributed by atoms with Gasteiger partial charge in [-0.2, -0.15) is 0 Å². The highest BCUT2D eigenvalue weighted by molar-refractivity contribution is 5.97. The summed E-state index contributed by atoms with van der Waals surface area (Å²) in [6.45, 7) is 1.82. The zero-order valence-electron chi connectivity index (χ0n) is 12.6. The van der Waals surface area contributed by atoms with Crippen LogP contribution in [0.1, 0.15) is 5.69 Å². The number of pyridine rings is 1. The highest BCUT2D eigenvalue weighted by atomic mass is 16.2. The highest BCUT2D eigenvalue weighted by Crippen LogP contribution is 2.31. The summed E-state index contributed by atoms with van der Waals surface area (Å²) in [6, 6.07) is 9.54. The van der Waals surface area contributed by atoms with Crippen LogP contribution in [0.25, 0.3) is 22.2 Å². The Labute approximate surface area is 126 Å². The normalized spacial score (nSPS) is 11.0. The number of hydrogen-bond donors (Lipinski definition) is 1. The third-order valence-electron chi connectivity index (χ3n) is 3.87. The molecule has 22 heavy (non-hydrogen) atoms. The van der Waals surface area contributed by atoms with Crippen LogP contribution in [0.5, 0.6) is 0 Å². The van der Waals surface area contributed by atoms with Gasteiger partial charge >= 0.3 is 5.69 Å². The zero-order chi connectivity index (χ0) is 16.0. The molecule has 2 N–H and O–H groups in total. The van der Waals surface area contributed by atoms with Crippen molar-refractivity contribution >= 4 is 16.7 Å². The Morgan fingerprint density at radius 1 is 1.05 bits per heavy atom. The first-order valence-corrected chi connectivity index (χ1v) is 6.84. The molecule has 0 radical (unpaired) electrons. The fourth-order valence-corrected chi connectivity index (χ4v) is 2.70. The molecule has 2 heterocycles. The predicted molar refractivity (Wildman–Crippen MR) is 86.8 cm³/mol. The lowest BCUT2D eigenvalue weighted by atomic mass is 10.0. The van der Waals surface area contributed by atoms with Crippen molar-refractivity contribution in [1.82, 2.24) is 14.1 Å². The average Bonchev–Trinajstić information content (AvgIpc) is 2.51. The van der Waals surface area contributed by atoms with Crippen molar-refractivity contribution in [2.45, 2.75) is 6.92 Å². The molecule has 0 aliphatic heterocycles. The van der Waals surface area contributed by atoms with Crippen LogP contribution in [0.4, 0.5) is 5.69 Å². The van der Waals surface area contributed by atoms with Crippen molar-refractivity contribution in [1.29, 1.82) is 0 Å². The first kappa shape index (κ1) is 14.1. The molecule has 3 aromatic rings. The number of anilines is 1. The Bertz CT molecular complexity index is 1000. The molecule has 6 heteroatoms. The molecule has 0 atom stereocenters. The van der Waals surface area contributed by atoms with E-state index in [1.165, 1.54) is 11.6 Å². The third kappa shape index (κ3) is 1.84. The molecule has 112 valence electrons. The lowest BCUT2D eigenvalue weighted by Gasteiger charge is -2.14. The Morgan fingerprint density at radius 3 is 2.32 bits per heavy atom. The number of benzene rings is 1. The molecule has 0 aliphatic carbocycles. The number of aromatic nitrogens is 3. The van der Waals surface area contributed by atoms with Crippen LogP contribution in [0, 0.1) is 6.92 Å². The smallest absolute Gasteiger partial charge is 0.332 e. The SMILES string of the molecule is Cc1nc2c(c(N)c1-c1ccccc1)c(=O)n(C)c(=O)n2C. The average molecular weight is 296 g/mol. The zero-order valence-corrected chi connectivity index (χ0v) is 12.6. The fraction of sp³-hybridized carbons (Fsp3) is 0.188. The highest BCUT2D eigenvalue weighted by Gasteiger charge is 2.18. The maximum absolute atomic E-state index is 12.4. The summed E-state index contributed by atoms with van der Waals surface area (Å²) >= 11 is 0. The fourth-order valence-electron chi connectivity index (χ4n) is 2.70. The molecule has 2 aromatic heterocycles. The largest absolute Gasteiger partial charge is 0.397 e. The Balaban J connectivity index is 2.55. The van der Waals surface area contributed by atoms with Gasteiger partial charge < -0.3 is 5.73 Å². The second kappa shape index (κ2) is 4.84. The van der Waals surface area contributed by atoms with Crippen molar-refractivity contribution < 1.29 is 0 Å². The van der Waals surface area contributed by atoms with Crippen molar-refractivity contribution in [3.63, 3.8) is 0 Å². The number of nitrogens with two attached hydrogens (primary N) is 1. The van der Waals surface area contributed by atoms with Crippen LogP contribution in [-0.4, -0.2) is 14.1 Å². The molecule has 1 aromatic carbocycles. The molecule has 0 unspecified atom stereocenters. The van der Waals surface area contributed by atoms with Crippen LogP contribution < -0.4 is 17.0 Å². The van der Waals surface area contributed by atoms with Gasteiger partial charge in [0.25, 0.3) is 5.56 Å². The van der Waals surface area contributed by atoms with Gasteiger partial charge in [0.05, 0.1) is 5.69 Å². The van der Waals surface area contributed by atoms with E-state index in [0.717, 1.165) is 15.7 Å². The second-order valence-electron chi connectivity index (χ2n) is 5.26. The Morgan fingerprint density at radius 2 is 1.68 bits per heavy atom. The molecule has 0 saturated heterocycles. The van der Waals surface area contributed by atoms with Gasteiger partial charge in [0.1, 0.15) is 5.39 Å². The van der Waals surface area contributed by atoms with Gasteiger partial charge in [0, 0.05) is 25.4 Å². The summed E-state index contributed by atoms with van der Waals surface area (Å²) in [4.78, 5) is 28.9. The first-order valence-electron chi connectivity index (χ1n) is 6.84. The van der Waals surface area contributed by atoms with Gasteiger partial charge in [-0.05, 0) is 12.5 Å². The number of aryl methyl sites for hydroxylation is 2. The lowest BCUT2D eigenvalue weighted by Crippen LogP contribution is -2.37.